The molecule has 108 valence electrons. The second-order valence-corrected chi connectivity index (χ2v) is 14.9. The Labute approximate surface area is 116 Å². The first kappa shape index (κ1) is 16.4. The fourth-order valence-electron chi connectivity index (χ4n) is 1.30. The number of nitrogens with one attached hydrogen (secondary N) is 1. The molecule has 0 aliphatic carbocycles. The van der Waals surface area contributed by atoms with E-state index in [1.807, 2.05) is 19.6 Å². The molecule has 0 aliphatic rings. The zero-order valence-electron chi connectivity index (χ0n) is 11.3. The Hall–Kier alpha value is -0.703. The molecule has 1 aromatic carbocycles. The first-order valence-corrected chi connectivity index (χ1v) is 12.7. The maximum absolute atomic E-state index is 11.9. The summed E-state index contributed by atoms with van der Waals surface area (Å²) in [4.78, 5) is -0.0495. The SMILES string of the molecule is C[Si](C)(C)CCS(=O)(=O)NS(=O)(=O)c1ccccc1. The van der Waals surface area contributed by atoms with Gasteiger partial charge in [0.2, 0.25) is 10.0 Å². The average molecular weight is 321 g/mol. The van der Waals surface area contributed by atoms with E-state index >= 15 is 0 Å². The Bertz CT molecular complexity index is 618. The topological polar surface area (TPSA) is 80.3 Å². The molecule has 0 saturated heterocycles. The van der Waals surface area contributed by atoms with Gasteiger partial charge in [-0.3, -0.25) is 0 Å². The highest BCUT2D eigenvalue weighted by atomic mass is 32.3. The van der Waals surface area contributed by atoms with Crippen LogP contribution in [0.15, 0.2) is 35.2 Å². The van der Waals surface area contributed by atoms with E-state index in [0.29, 0.717) is 6.04 Å². The minimum absolute atomic E-state index is 0.0495. The summed E-state index contributed by atoms with van der Waals surface area (Å²) in [6.07, 6.45) is 0. The van der Waals surface area contributed by atoms with Gasteiger partial charge >= 0.3 is 0 Å². The van der Waals surface area contributed by atoms with E-state index in [2.05, 4.69) is 0 Å². The highest BCUT2D eigenvalue weighted by Gasteiger charge is 2.24. The lowest BCUT2D eigenvalue weighted by atomic mass is 10.4. The zero-order valence-corrected chi connectivity index (χ0v) is 13.9. The predicted octanol–water partition coefficient (Wildman–Crippen LogP) is 1.63. The van der Waals surface area contributed by atoms with Gasteiger partial charge in [0.15, 0.2) is 0 Å². The van der Waals surface area contributed by atoms with Gasteiger partial charge < -0.3 is 0 Å². The predicted molar refractivity (Wildman–Crippen MR) is 78.7 cm³/mol. The van der Waals surface area contributed by atoms with Crippen molar-refractivity contribution in [1.29, 1.82) is 0 Å². The van der Waals surface area contributed by atoms with Gasteiger partial charge in [0.1, 0.15) is 0 Å². The molecule has 0 radical (unpaired) electrons. The van der Waals surface area contributed by atoms with Crippen molar-refractivity contribution in [3.05, 3.63) is 30.3 Å². The second kappa shape index (κ2) is 5.74. The molecule has 0 atom stereocenters. The molecule has 0 heterocycles. The molecule has 1 rings (SSSR count). The van der Waals surface area contributed by atoms with E-state index < -0.39 is 28.1 Å². The smallest absolute Gasteiger partial charge is 0.211 e. The largest absolute Gasteiger partial charge is 0.253 e. The van der Waals surface area contributed by atoms with E-state index in [1.165, 1.54) is 12.1 Å². The van der Waals surface area contributed by atoms with Crippen molar-refractivity contribution in [2.24, 2.45) is 0 Å². The highest BCUT2D eigenvalue weighted by molar-refractivity contribution is 8.04. The van der Waals surface area contributed by atoms with Crippen LogP contribution in [0.3, 0.4) is 0 Å². The van der Waals surface area contributed by atoms with E-state index in [-0.39, 0.29) is 10.6 Å². The van der Waals surface area contributed by atoms with Crippen LogP contribution in [0.1, 0.15) is 0 Å². The Morgan fingerprint density at radius 2 is 1.53 bits per heavy atom. The molecule has 19 heavy (non-hydrogen) atoms. The van der Waals surface area contributed by atoms with Crippen molar-refractivity contribution in [2.45, 2.75) is 30.6 Å². The molecule has 0 fully saturated rings. The second-order valence-electron chi connectivity index (χ2n) is 5.53. The van der Waals surface area contributed by atoms with Gasteiger partial charge in [0, 0.05) is 8.07 Å². The van der Waals surface area contributed by atoms with Crippen LogP contribution in [-0.2, 0) is 20.0 Å². The molecule has 1 aromatic rings. The molecular weight excluding hydrogens is 302 g/mol. The van der Waals surface area contributed by atoms with Gasteiger partial charge in [-0.1, -0.05) is 37.8 Å². The Morgan fingerprint density at radius 3 is 2.00 bits per heavy atom. The lowest BCUT2D eigenvalue weighted by Gasteiger charge is -2.15. The van der Waals surface area contributed by atoms with Crippen molar-refractivity contribution in [2.75, 3.05) is 5.75 Å². The van der Waals surface area contributed by atoms with Gasteiger partial charge in [-0.05, 0) is 18.2 Å². The minimum atomic E-state index is -4.01. The quantitative estimate of drug-likeness (QED) is 0.808. The zero-order chi connectivity index (χ0) is 14.7. The van der Waals surface area contributed by atoms with Crippen LogP contribution in [0.2, 0.25) is 25.7 Å². The minimum Gasteiger partial charge on any atom is -0.211 e. The molecule has 0 bridgehead atoms. The maximum Gasteiger partial charge on any atom is 0.253 e. The van der Waals surface area contributed by atoms with Gasteiger partial charge in [-0.25, -0.2) is 16.8 Å². The summed E-state index contributed by atoms with van der Waals surface area (Å²) in [6, 6.07) is 7.99. The van der Waals surface area contributed by atoms with Gasteiger partial charge in [-0.15, -0.1) is 4.13 Å². The molecule has 0 saturated carbocycles. The van der Waals surface area contributed by atoms with Crippen LogP contribution in [0.5, 0.6) is 0 Å². The van der Waals surface area contributed by atoms with Crippen LogP contribution in [0.25, 0.3) is 0 Å². The van der Waals surface area contributed by atoms with Crippen LogP contribution >= 0.6 is 0 Å². The summed E-state index contributed by atoms with van der Waals surface area (Å²) in [5.41, 5.74) is 0. The molecule has 0 aromatic heterocycles. The average Bonchev–Trinajstić information content (AvgIpc) is 2.26. The molecular formula is C11H19NO4S2Si. The monoisotopic (exact) mass is 321 g/mol. The fourth-order valence-corrected chi connectivity index (χ4v) is 7.39. The third kappa shape index (κ3) is 5.85. The molecule has 0 spiro atoms. The number of hydrogen-bond acceptors (Lipinski definition) is 4. The van der Waals surface area contributed by atoms with Crippen molar-refractivity contribution in [1.82, 2.24) is 4.13 Å². The van der Waals surface area contributed by atoms with Crippen LogP contribution in [0, 0.1) is 0 Å². The lowest BCUT2D eigenvalue weighted by Crippen LogP contribution is -2.35. The summed E-state index contributed by atoms with van der Waals surface area (Å²) in [5.74, 6) is -0.158. The third-order valence-corrected chi connectivity index (χ3v) is 8.05. The Balaban J connectivity index is 2.84. The van der Waals surface area contributed by atoms with E-state index in [4.69, 9.17) is 0 Å². The van der Waals surface area contributed by atoms with Crippen LogP contribution < -0.4 is 4.13 Å². The Morgan fingerprint density at radius 1 is 1.00 bits per heavy atom. The molecule has 0 amide bonds. The number of benzene rings is 1. The summed E-state index contributed by atoms with van der Waals surface area (Å²) in [7, 11) is -9.37. The fraction of sp³-hybridized carbons (Fsp3) is 0.455. The summed E-state index contributed by atoms with van der Waals surface area (Å²) in [6.45, 7) is 6.11. The van der Waals surface area contributed by atoms with E-state index in [9.17, 15) is 16.8 Å². The van der Waals surface area contributed by atoms with Crippen molar-refractivity contribution in [3.8, 4) is 0 Å². The Kier molecular flexibility index (Phi) is 4.94. The maximum atomic E-state index is 11.9. The third-order valence-electron chi connectivity index (χ3n) is 2.41. The van der Waals surface area contributed by atoms with Crippen molar-refractivity contribution >= 4 is 28.1 Å². The summed E-state index contributed by atoms with van der Waals surface area (Å²) < 4.78 is 49.2. The van der Waals surface area contributed by atoms with Gasteiger partial charge in [-0.2, -0.15) is 0 Å². The highest BCUT2D eigenvalue weighted by Crippen LogP contribution is 2.12. The van der Waals surface area contributed by atoms with Crippen LogP contribution in [0.4, 0.5) is 0 Å². The molecule has 0 unspecified atom stereocenters. The van der Waals surface area contributed by atoms with E-state index in [0.717, 1.165) is 0 Å². The van der Waals surface area contributed by atoms with Crippen molar-refractivity contribution in [3.63, 3.8) is 0 Å². The molecule has 5 nitrogen and oxygen atoms in total. The van der Waals surface area contributed by atoms with E-state index in [1.54, 1.807) is 22.3 Å². The van der Waals surface area contributed by atoms with Gasteiger partial charge in [0.05, 0.1) is 10.6 Å². The molecule has 0 aliphatic heterocycles. The first-order valence-electron chi connectivity index (χ1n) is 5.83. The number of sulfonamides is 2. The summed E-state index contributed by atoms with van der Waals surface area (Å²) in [5, 5.41) is 0. The lowest BCUT2D eigenvalue weighted by molar-refractivity contribution is 0.577. The molecule has 8 heteroatoms. The first-order chi connectivity index (χ1) is 8.52. The standard InChI is InChI=1S/C11H19NO4S2Si/c1-19(2,3)10-9-17(13,14)12-18(15,16)11-7-5-4-6-8-11/h4-8,12H,9-10H2,1-3H3. The van der Waals surface area contributed by atoms with Gasteiger partial charge in [0.25, 0.3) is 10.0 Å². The number of rotatable bonds is 6. The summed E-state index contributed by atoms with van der Waals surface area (Å²) >= 11 is 0. The molecule has 1 N–H and O–H groups in total. The number of hydrogen-bond donors (Lipinski definition) is 1. The van der Waals surface area contributed by atoms with Crippen LogP contribution in [-0.4, -0.2) is 30.7 Å². The van der Waals surface area contributed by atoms with Crippen molar-refractivity contribution < 1.29 is 16.8 Å². The normalized spacial score (nSPS) is 13.4.